The number of hydrogen-bond donors (Lipinski definition) is 0. The van der Waals surface area contributed by atoms with Crippen molar-refractivity contribution in [3.05, 3.63) is 0 Å². The number of ether oxygens (including phenoxy) is 2. The van der Waals surface area contributed by atoms with E-state index in [1.54, 1.807) is 0 Å². The van der Waals surface area contributed by atoms with Crippen LogP contribution in [0.25, 0.3) is 0 Å². The van der Waals surface area contributed by atoms with Gasteiger partial charge in [-0.15, -0.1) is 0 Å². The van der Waals surface area contributed by atoms with Crippen LogP contribution in [0.3, 0.4) is 0 Å². The minimum Gasteiger partial charge on any atom is -0.438 e. The third-order valence-corrected chi connectivity index (χ3v) is 1.76. The Morgan fingerprint density at radius 1 is 1.60 bits per heavy atom. The molecule has 3 heteroatoms. The number of carbonyl (C=O) groups excluding carboxylic acids is 1. The van der Waals surface area contributed by atoms with Gasteiger partial charge in [0.1, 0.15) is 0 Å². The summed E-state index contributed by atoms with van der Waals surface area (Å²) >= 11 is 0. The summed E-state index contributed by atoms with van der Waals surface area (Å²) in [6.07, 6.45) is 3.14. The minimum absolute atomic E-state index is 0.0926. The number of carbonyl (C=O) groups is 1. The Balaban J connectivity index is 2.08. The molecule has 1 fully saturated rings. The van der Waals surface area contributed by atoms with Gasteiger partial charge >= 0.3 is 5.97 Å². The molecule has 0 saturated heterocycles. The van der Waals surface area contributed by atoms with E-state index in [2.05, 4.69) is 4.74 Å². The van der Waals surface area contributed by atoms with Crippen LogP contribution < -0.4 is 0 Å². The predicted octanol–water partition coefficient (Wildman–Crippen LogP) is 0.934. The van der Waals surface area contributed by atoms with Crippen LogP contribution in [0.2, 0.25) is 0 Å². The average molecular weight is 144 g/mol. The molecule has 0 aromatic heterocycles. The summed E-state index contributed by atoms with van der Waals surface area (Å²) in [5.74, 6) is 0.0586. The van der Waals surface area contributed by atoms with E-state index in [-0.39, 0.29) is 18.7 Å². The van der Waals surface area contributed by atoms with Gasteiger partial charge in [0, 0.05) is 7.11 Å². The number of hydrogen-bond acceptors (Lipinski definition) is 3. The quantitative estimate of drug-likeness (QED) is 0.436. The maximum atomic E-state index is 10.9. The molecule has 58 valence electrons. The molecule has 1 aliphatic rings. The third kappa shape index (κ3) is 1.70. The van der Waals surface area contributed by atoms with E-state index in [1.807, 2.05) is 0 Å². The van der Waals surface area contributed by atoms with Gasteiger partial charge in [0.25, 0.3) is 0 Å². The Labute approximate surface area is 60.3 Å². The molecule has 0 amide bonds. The molecule has 1 saturated carbocycles. The first-order valence-corrected chi connectivity index (χ1v) is 3.50. The van der Waals surface area contributed by atoms with Crippen molar-refractivity contribution in [2.75, 3.05) is 13.9 Å². The Hall–Kier alpha value is -0.570. The molecule has 0 atom stereocenters. The minimum atomic E-state index is -0.104. The van der Waals surface area contributed by atoms with Crippen LogP contribution >= 0.6 is 0 Å². The van der Waals surface area contributed by atoms with Gasteiger partial charge < -0.3 is 9.47 Å². The summed E-state index contributed by atoms with van der Waals surface area (Å²) in [7, 11) is 1.51. The highest BCUT2D eigenvalue weighted by Gasteiger charge is 2.26. The second kappa shape index (κ2) is 3.56. The SMILES string of the molecule is COCOC(=O)C1CCC1. The van der Waals surface area contributed by atoms with Crippen molar-refractivity contribution in [3.63, 3.8) is 0 Å². The molecule has 1 rings (SSSR count). The zero-order valence-electron chi connectivity index (χ0n) is 6.13. The summed E-state index contributed by atoms with van der Waals surface area (Å²) in [4.78, 5) is 10.9. The van der Waals surface area contributed by atoms with Crippen LogP contribution in [-0.4, -0.2) is 19.9 Å². The molecule has 0 heterocycles. The third-order valence-electron chi connectivity index (χ3n) is 1.76. The Kier molecular flexibility index (Phi) is 2.68. The molecular formula is C7H12O3. The van der Waals surface area contributed by atoms with Crippen LogP contribution in [-0.2, 0) is 14.3 Å². The molecule has 0 unspecified atom stereocenters. The highest BCUT2D eigenvalue weighted by molar-refractivity contribution is 5.73. The molecule has 0 aliphatic heterocycles. The maximum absolute atomic E-state index is 10.9. The highest BCUT2D eigenvalue weighted by Crippen LogP contribution is 2.27. The topological polar surface area (TPSA) is 35.5 Å². The van der Waals surface area contributed by atoms with Crippen molar-refractivity contribution in [2.24, 2.45) is 5.92 Å². The molecule has 0 spiro atoms. The van der Waals surface area contributed by atoms with E-state index in [0.717, 1.165) is 19.3 Å². The summed E-state index contributed by atoms with van der Waals surface area (Å²) in [5, 5.41) is 0. The van der Waals surface area contributed by atoms with Crippen LogP contribution in [0.5, 0.6) is 0 Å². The normalized spacial score (nSPS) is 18.1. The largest absolute Gasteiger partial charge is 0.438 e. The van der Waals surface area contributed by atoms with Crippen LogP contribution in [0, 0.1) is 5.92 Å². The van der Waals surface area contributed by atoms with Gasteiger partial charge in [-0.05, 0) is 12.8 Å². The fourth-order valence-electron chi connectivity index (χ4n) is 0.879. The van der Waals surface area contributed by atoms with Gasteiger partial charge in [0.15, 0.2) is 6.79 Å². The summed E-state index contributed by atoms with van der Waals surface area (Å²) in [5.41, 5.74) is 0. The summed E-state index contributed by atoms with van der Waals surface area (Å²) in [6.45, 7) is 0.0926. The van der Waals surface area contributed by atoms with Crippen molar-refractivity contribution in [1.82, 2.24) is 0 Å². The molecule has 1 aliphatic carbocycles. The Bertz CT molecular complexity index is 118. The predicted molar refractivity (Wildman–Crippen MR) is 35.3 cm³/mol. The first kappa shape index (κ1) is 7.54. The van der Waals surface area contributed by atoms with E-state index in [0.29, 0.717) is 0 Å². The van der Waals surface area contributed by atoms with Crippen LogP contribution in [0.15, 0.2) is 0 Å². The van der Waals surface area contributed by atoms with Gasteiger partial charge in [-0.25, -0.2) is 0 Å². The van der Waals surface area contributed by atoms with E-state index in [4.69, 9.17) is 4.74 Å². The lowest BCUT2D eigenvalue weighted by atomic mass is 9.86. The maximum Gasteiger partial charge on any atom is 0.311 e. The zero-order chi connectivity index (χ0) is 7.40. The smallest absolute Gasteiger partial charge is 0.311 e. The lowest BCUT2D eigenvalue weighted by molar-refractivity contribution is -0.161. The van der Waals surface area contributed by atoms with E-state index in [1.165, 1.54) is 7.11 Å². The Morgan fingerprint density at radius 3 is 2.70 bits per heavy atom. The van der Waals surface area contributed by atoms with E-state index >= 15 is 0 Å². The Morgan fingerprint density at radius 2 is 2.30 bits per heavy atom. The second-order valence-corrected chi connectivity index (χ2v) is 2.50. The second-order valence-electron chi connectivity index (χ2n) is 2.50. The van der Waals surface area contributed by atoms with Gasteiger partial charge in [-0.3, -0.25) is 4.79 Å². The van der Waals surface area contributed by atoms with Crippen LogP contribution in [0.4, 0.5) is 0 Å². The van der Waals surface area contributed by atoms with Gasteiger partial charge in [0.05, 0.1) is 5.92 Å². The van der Waals surface area contributed by atoms with Crippen LogP contribution in [0.1, 0.15) is 19.3 Å². The van der Waals surface area contributed by atoms with Crippen molar-refractivity contribution >= 4 is 5.97 Å². The molecule has 10 heavy (non-hydrogen) atoms. The molecule has 3 nitrogen and oxygen atoms in total. The first-order chi connectivity index (χ1) is 4.84. The number of esters is 1. The highest BCUT2D eigenvalue weighted by atomic mass is 16.7. The van der Waals surface area contributed by atoms with Gasteiger partial charge in [-0.1, -0.05) is 6.42 Å². The van der Waals surface area contributed by atoms with Crippen molar-refractivity contribution in [1.29, 1.82) is 0 Å². The van der Waals surface area contributed by atoms with Gasteiger partial charge in [-0.2, -0.15) is 0 Å². The van der Waals surface area contributed by atoms with Crippen molar-refractivity contribution in [2.45, 2.75) is 19.3 Å². The summed E-state index contributed by atoms with van der Waals surface area (Å²) < 4.78 is 9.32. The lowest BCUT2D eigenvalue weighted by Gasteiger charge is -2.22. The zero-order valence-corrected chi connectivity index (χ0v) is 6.13. The standard InChI is InChI=1S/C7H12O3/c1-9-5-10-7(8)6-3-2-4-6/h6H,2-5H2,1H3. The molecule has 0 aromatic rings. The molecule has 0 N–H and O–H groups in total. The molecule has 0 aromatic carbocycles. The molecule has 0 radical (unpaired) electrons. The lowest BCUT2D eigenvalue weighted by Crippen LogP contribution is -2.24. The number of methoxy groups -OCH3 is 1. The van der Waals surface area contributed by atoms with Gasteiger partial charge in [0.2, 0.25) is 0 Å². The van der Waals surface area contributed by atoms with Crippen molar-refractivity contribution < 1.29 is 14.3 Å². The molecular weight excluding hydrogens is 132 g/mol. The monoisotopic (exact) mass is 144 g/mol. The number of rotatable bonds is 3. The average Bonchev–Trinajstić information content (AvgIpc) is 1.79. The fourth-order valence-corrected chi connectivity index (χ4v) is 0.879. The first-order valence-electron chi connectivity index (χ1n) is 3.50. The fraction of sp³-hybridized carbons (Fsp3) is 0.857. The van der Waals surface area contributed by atoms with E-state index < -0.39 is 0 Å². The van der Waals surface area contributed by atoms with Crippen molar-refractivity contribution in [3.8, 4) is 0 Å². The van der Waals surface area contributed by atoms with E-state index in [9.17, 15) is 4.79 Å². The molecule has 0 bridgehead atoms. The summed E-state index contributed by atoms with van der Waals surface area (Å²) in [6, 6.07) is 0.